The van der Waals surface area contributed by atoms with Crippen molar-refractivity contribution < 1.29 is 4.74 Å². The van der Waals surface area contributed by atoms with Crippen LogP contribution in [0.1, 0.15) is 55.7 Å². The fraction of sp³-hybridized carbons (Fsp3) is 0.407. The molecule has 1 heterocycles. The topological polar surface area (TPSA) is 24.5 Å². The van der Waals surface area contributed by atoms with Crippen molar-refractivity contribution in [3.63, 3.8) is 0 Å². The quantitative estimate of drug-likeness (QED) is 0.567. The van der Waals surface area contributed by atoms with Gasteiger partial charge < -0.3 is 15.0 Å². The van der Waals surface area contributed by atoms with Gasteiger partial charge in [0.25, 0.3) is 0 Å². The maximum atomic E-state index is 5.49. The van der Waals surface area contributed by atoms with Crippen LogP contribution in [0, 0.1) is 0 Å². The molecule has 3 aromatic rings. The molecule has 3 nitrogen and oxygen atoms in total. The van der Waals surface area contributed by atoms with Gasteiger partial charge in [0.15, 0.2) is 0 Å². The van der Waals surface area contributed by atoms with E-state index in [-0.39, 0.29) is 0 Å². The molecule has 3 aromatic carbocycles. The van der Waals surface area contributed by atoms with Crippen molar-refractivity contribution in [3.05, 3.63) is 77.9 Å². The third-order valence-electron chi connectivity index (χ3n) is 6.93. The summed E-state index contributed by atoms with van der Waals surface area (Å²) in [5.74, 6) is 0.653. The molecule has 2 unspecified atom stereocenters. The largest absolute Gasteiger partial charge is 0.359 e. The lowest BCUT2D eigenvalue weighted by Gasteiger charge is -2.33. The molecule has 2 aliphatic rings. The number of benzene rings is 3. The van der Waals surface area contributed by atoms with E-state index in [9.17, 15) is 0 Å². The summed E-state index contributed by atoms with van der Waals surface area (Å²) in [6.07, 6.45) is 5.09. The lowest BCUT2D eigenvalue weighted by atomic mass is 9.81. The molecule has 0 amide bonds. The monoisotopic (exact) mass is 400 g/mol. The highest BCUT2D eigenvalue weighted by Crippen LogP contribution is 2.35. The van der Waals surface area contributed by atoms with Gasteiger partial charge in [0.2, 0.25) is 0 Å². The van der Waals surface area contributed by atoms with E-state index in [1.54, 1.807) is 0 Å². The molecular weight excluding hydrogens is 368 g/mol. The standard InChI is InChI=1S/C27H32N2O/c1-20(26-11-5-7-22-6-2-3-10-27(22)26)28-24-9-4-8-23(18-24)21-12-14-25(15-13-21)29-16-17-30-19-29/h2-3,5-7,10-15,20,23-24,28H,4,8-9,16-19H2,1H3/t20-,23?,24?/m1/s1. The third kappa shape index (κ3) is 4.10. The molecule has 3 atom stereocenters. The van der Waals surface area contributed by atoms with Crippen molar-refractivity contribution in [2.45, 2.75) is 50.6 Å². The second-order valence-electron chi connectivity index (χ2n) is 8.91. The molecule has 5 rings (SSSR count). The zero-order chi connectivity index (χ0) is 20.3. The second-order valence-corrected chi connectivity index (χ2v) is 8.91. The van der Waals surface area contributed by atoms with E-state index in [1.165, 1.54) is 53.3 Å². The third-order valence-corrected chi connectivity index (χ3v) is 6.93. The molecule has 1 saturated heterocycles. The minimum atomic E-state index is 0.359. The van der Waals surface area contributed by atoms with Gasteiger partial charge in [0.05, 0.1) is 6.61 Å². The van der Waals surface area contributed by atoms with Gasteiger partial charge in [-0.15, -0.1) is 0 Å². The first-order chi connectivity index (χ1) is 14.8. The highest BCUT2D eigenvalue weighted by Gasteiger charge is 2.25. The van der Waals surface area contributed by atoms with Gasteiger partial charge in [-0.25, -0.2) is 0 Å². The van der Waals surface area contributed by atoms with Crippen LogP contribution in [-0.2, 0) is 4.74 Å². The average Bonchev–Trinajstić information content (AvgIpc) is 3.34. The molecule has 3 heteroatoms. The highest BCUT2D eigenvalue weighted by atomic mass is 16.5. The van der Waals surface area contributed by atoms with Crippen LogP contribution in [0.2, 0.25) is 0 Å². The number of nitrogens with zero attached hydrogens (tertiary/aromatic N) is 1. The lowest BCUT2D eigenvalue weighted by Crippen LogP contribution is -2.35. The van der Waals surface area contributed by atoms with Gasteiger partial charge in [-0.2, -0.15) is 0 Å². The Bertz CT molecular complexity index is 972. The summed E-state index contributed by atoms with van der Waals surface area (Å²) in [4.78, 5) is 2.31. The Morgan fingerprint density at radius 1 is 0.967 bits per heavy atom. The van der Waals surface area contributed by atoms with E-state index >= 15 is 0 Å². The minimum absolute atomic E-state index is 0.359. The Hall–Kier alpha value is -2.36. The van der Waals surface area contributed by atoms with E-state index in [1.807, 2.05) is 0 Å². The number of anilines is 1. The smallest absolute Gasteiger partial charge is 0.119 e. The molecule has 2 fully saturated rings. The van der Waals surface area contributed by atoms with Gasteiger partial charge in [-0.1, -0.05) is 61.0 Å². The van der Waals surface area contributed by atoms with Gasteiger partial charge in [-0.3, -0.25) is 0 Å². The highest BCUT2D eigenvalue weighted by molar-refractivity contribution is 5.86. The molecule has 0 aromatic heterocycles. The summed E-state index contributed by atoms with van der Waals surface area (Å²) >= 11 is 0. The predicted molar refractivity (Wildman–Crippen MR) is 125 cm³/mol. The molecule has 1 aliphatic carbocycles. The van der Waals surface area contributed by atoms with Crippen LogP contribution >= 0.6 is 0 Å². The number of rotatable bonds is 5. The van der Waals surface area contributed by atoms with E-state index < -0.39 is 0 Å². The first kappa shape index (κ1) is 19.6. The van der Waals surface area contributed by atoms with Crippen LogP contribution in [0.25, 0.3) is 10.8 Å². The van der Waals surface area contributed by atoms with Gasteiger partial charge in [0, 0.05) is 24.3 Å². The maximum Gasteiger partial charge on any atom is 0.119 e. The Morgan fingerprint density at radius 2 is 1.80 bits per heavy atom. The first-order valence-corrected chi connectivity index (χ1v) is 11.4. The molecule has 30 heavy (non-hydrogen) atoms. The van der Waals surface area contributed by atoms with Crippen LogP contribution in [-0.4, -0.2) is 25.9 Å². The van der Waals surface area contributed by atoms with Crippen molar-refractivity contribution in [2.24, 2.45) is 0 Å². The Morgan fingerprint density at radius 3 is 2.63 bits per heavy atom. The van der Waals surface area contributed by atoms with Crippen molar-refractivity contribution in [3.8, 4) is 0 Å². The van der Waals surface area contributed by atoms with Gasteiger partial charge >= 0.3 is 0 Å². The van der Waals surface area contributed by atoms with E-state index in [0.29, 0.717) is 18.0 Å². The fourth-order valence-electron chi connectivity index (χ4n) is 5.29. The Labute approximate surface area is 180 Å². The van der Waals surface area contributed by atoms with Crippen LogP contribution in [0.15, 0.2) is 66.7 Å². The molecular formula is C27H32N2O. The van der Waals surface area contributed by atoms with Crippen LogP contribution in [0.5, 0.6) is 0 Å². The zero-order valence-electron chi connectivity index (χ0n) is 17.9. The number of fused-ring (bicyclic) bond motifs is 1. The number of nitrogens with one attached hydrogen (secondary N) is 1. The van der Waals surface area contributed by atoms with E-state index in [4.69, 9.17) is 4.74 Å². The fourth-order valence-corrected chi connectivity index (χ4v) is 5.29. The molecule has 1 aliphatic heterocycles. The van der Waals surface area contributed by atoms with E-state index in [0.717, 1.165) is 19.9 Å². The van der Waals surface area contributed by atoms with Crippen molar-refractivity contribution in [1.29, 1.82) is 0 Å². The molecule has 156 valence electrons. The predicted octanol–water partition coefficient (Wildman–Crippen LogP) is 6.01. The average molecular weight is 401 g/mol. The minimum Gasteiger partial charge on any atom is -0.359 e. The van der Waals surface area contributed by atoms with Crippen LogP contribution in [0.3, 0.4) is 0 Å². The van der Waals surface area contributed by atoms with Crippen LogP contribution < -0.4 is 10.2 Å². The van der Waals surface area contributed by atoms with Gasteiger partial charge in [0.1, 0.15) is 6.73 Å². The van der Waals surface area contributed by atoms with E-state index in [2.05, 4.69) is 83.9 Å². The first-order valence-electron chi connectivity index (χ1n) is 11.4. The summed E-state index contributed by atoms with van der Waals surface area (Å²) in [7, 11) is 0. The van der Waals surface area contributed by atoms with Crippen molar-refractivity contribution in [1.82, 2.24) is 5.32 Å². The number of ether oxygens (including phenoxy) is 1. The molecule has 1 saturated carbocycles. The molecule has 0 radical (unpaired) electrons. The summed E-state index contributed by atoms with van der Waals surface area (Å²) in [5.41, 5.74) is 4.18. The van der Waals surface area contributed by atoms with Crippen molar-refractivity contribution >= 4 is 16.5 Å². The molecule has 1 N–H and O–H groups in total. The molecule has 0 bridgehead atoms. The zero-order valence-corrected chi connectivity index (χ0v) is 17.9. The van der Waals surface area contributed by atoms with Gasteiger partial charge in [-0.05, 0) is 66.1 Å². The Balaban J connectivity index is 1.26. The summed E-state index contributed by atoms with van der Waals surface area (Å²) in [5, 5.41) is 6.66. The summed E-state index contributed by atoms with van der Waals surface area (Å²) in [6.45, 7) is 4.88. The number of hydrogen-bond donors (Lipinski definition) is 1. The number of hydrogen-bond acceptors (Lipinski definition) is 3. The second kappa shape index (κ2) is 8.79. The maximum absolute atomic E-state index is 5.49. The summed E-state index contributed by atoms with van der Waals surface area (Å²) < 4.78 is 5.49. The lowest BCUT2D eigenvalue weighted by molar-refractivity contribution is 0.201. The summed E-state index contributed by atoms with van der Waals surface area (Å²) in [6, 6.07) is 25.6. The molecule has 0 spiro atoms. The normalized spacial score (nSPS) is 23.0. The SMILES string of the molecule is C[C@@H](NC1CCCC(c2ccc(N3CCOC3)cc2)C1)c1cccc2ccccc12. The Kier molecular flexibility index (Phi) is 5.74. The van der Waals surface area contributed by atoms with Crippen molar-refractivity contribution in [2.75, 3.05) is 24.8 Å². The van der Waals surface area contributed by atoms with Crippen LogP contribution in [0.4, 0.5) is 5.69 Å².